The minimum atomic E-state index is -0.352. The number of furan rings is 1. The van der Waals surface area contributed by atoms with Gasteiger partial charge in [-0.2, -0.15) is 0 Å². The molecule has 0 saturated carbocycles. The van der Waals surface area contributed by atoms with Crippen LogP contribution in [-0.2, 0) is 4.74 Å². The lowest BCUT2D eigenvalue weighted by molar-refractivity contribution is 0.102. The third kappa shape index (κ3) is 3.34. The van der Waals surface area contributed by atoms with Gasteiger partial charge in [0.1, 0.15) is 6.10 Å². The van der Waals surface area contributed by atoms with E-state index in [4.69, 9.17) is 25.5 Å². The molecule has 2 aromatic rings. The molecule has 1 saturated heterocycles. The fourth-order valence-corrected chi connectivity index (χ4v) is 2.18. The van der Waals surface area contributed by atoms with E-state index in [1.807, 2.05) is 0 Å². The number of aromatic nitrogens is 1. The second kappa shape index (κ2) is 6.15. The summed E-state index contributed by atoms with van der Waals surface area (Å²) in [6, 6.07) is 4.83. The zero-order valence-corrected chi connectivity index (χ0v) is 11.8. The molecular weight excluding hydrogens is 296 g/mol. The van der Waals surface area contributed by atoms with Gasteiger partial charge >= 0.3 is 0 Å². The Kier molecular flexibility index (Phi) is 4.08. The number of pyridine rings is 1. The first-order valence-corrected chi connectivity index (χ1v) is 6.85. The van der Waals surface area contributed by atoms with Crippen molar-refractivity contribution in [3.05, 3.63) is 41.4 Å². The summed E-state index contributed by atoms with van der Waals surface area (Å²) in [5.41, 5.74) is 0.848. The molecule has 1 atom stereocenters. The highest BCUT2D eigenvalue weighted by Crippen LogP contribution is 2.21. The van der Waals surface area contributed by atoms with Crippen molar-refractivity contribution in [3.8, 4) is 5.88 Å². The van der Waals surface area contributed by atoms with Crippen LogP contribution in [0.15, 0.2) is 35.1 Å². The summed E-state index contributed by atoms with van der Waals surface area (Å²) in [6.07, 6.45) is 3.77. The highest BCUT2D eigenvalue weighted by molar-refractivity contribution is 6.32. The normalized spacial score (nSPS) is 17.7. The number of halogens is 1. The molecule has 110 valence electrons. The lowest BCUT2D eigenvalue weighted by atomic mass is 10.3. The highest BCUT2D eigenvalue weighted by Gasteiger charge is 2.18. The molecule has 1 amide bonds. The van der Waals surface area contributed by atoms with E-state index in [0.29, 0.717) is 24.8 Å². The van der Waals surface area contributed by atoms with E-state index < -0.39 is 0 Å². The van der Waals surface area contributed by atoms with Crippen LogP contribution < -0.4 is 10.1 Å². The summed E-state index contributed by atoms with van der Waals surface area (Å²) in [5, 5.41) is 2.77. The average molecular weight is 309 g/mol. The van der Waals surface area contributed by atoms with E-state index >= 15 is 0 Å². The molecule has 6 nitrogen and oxygen atoms in total. The minimum absolute atomic E-state index is 0.00627. The molecule has 0 spiro atoms. The maximum Gasteiger partial charge on any atom is 0.260 e. The standard InChI is InChI=1S/C14H13ClN2O4/c15-13-11(3-6-20-13)14(18)17-9-1-4-16-12(7-9)21-10-2-5-19-8-10/h1,3-4,6-7,10H,2,5,8H2,(H,16,17,18). The van der Waals surface area contributed by atoms with Gasteiger partial charge in [-0.15, -0.1) is 0 Å². The van der Waals surface area contributed by atoms with Crippen LogP contribution in [0.1, 0.15) is 16.8 Å². The van der Waals surface area contributed by atoms with Crippen molar-refractivity contribution in [1.29, 1.82) is 0 Å². The molecular formula is C14H13ClN2O4. The number of amides is 1. The Morgan fingerprint density at radius 1 is 1.48 bits per heavy atom. The summed E-state index contributed by atoms with van der Waals surface area (Å²) in [7, 11) is 0. The van der Waals surface area contributed by atoms with Crippen molar-refractivity contribution < 1.29 is 18.7 Å². The SMILES string of the molecule is O=C(Nc1ccnc(OC2CCOC2)c1)c1ccoc1Cl. The highest BCUT2D eigenvalue weighted by atomic mass is 35.5. The van der Waals surface area contributed by atoms with E-state index in [1.54, 1.807) is 18.3 Å². The van der Waals surface area contributed by atoms with Crippen molar-refractivity contribution in [2.75, 3.05) is 18.5 Å². The predicted octanol–water partition coefficient (Wildman–Crippen LogP) is 2.75. The number of nitrogens with one attached hydrogen (secondary N) is 1. The Morgan fingerprint density at radius 2 is 2.38 bits per heavy atom. The Bertz CT molecular complexity index is 637. The van der Waals surface area contributed by atoms with Gasteiger partial charge in [-0.25, -0.2) is 4.98 Å². The molecule has 1 aliphatic rings. The van der Waals surface area contributed by atoms with E-state index in [9.17, 15) is 4.79 Å². The molecule has 1 unspecified atom stereocenters. The maximum absolute atomic E-state index is 12.0. The van der Waals surface area contributed by atoms with Gasteiger partial charge in [0, 0.05) is 24.4 Å². The topological polar surface area (TPSA) is 73.6 Å². The van der Waals surface area contributed by atoms with Crippen LogP contribution in [-0.4, -0.2) is 30.2 Å². The Balaban J connectivity index is 1.68. The molecule has 7 heteroatoms. The monoisotopic (exact) mass is 308 g/mol. The van der Waals surface area contributed by atoms with Crippen LogP contribution in [0.2, 0.25) is 5.22 Å². The lowest BCUT2D eigenvalue weighted by Crippen LogP contribution is -2.17. The van der Waals surface area contributed by atoms with Crippen LogP contribution in [0.4, 0.5) is 5.69 Å². The van der Waals surface area contributed by atoms with Gasteiger partial charge in [-0.3, -0.25) is 4.79 Å². The summed E-state index contributed by atoms with van der Waals surface area (Å²) < 4.78 is 15.8. The molecule has 0 bridgehead atoms. The largest absolute Gasteiger partial charge is 0.472 e. The Morgan fingerprint density at radius 3 is 3.10 bits per heavy atom. The third-order valence-electron chi connectivity index (χ3n) is 3.03. The molecule has 1 aliphatic heterocycles. The van der Waals surface area contributed by atoms with Gasteiger partial charge in [0.2, 0.25) is 11.1 Å². The summed E-state index contributed by atoms with van der Waals surface area (Å²) in [6.45, 7) is 1.25. The fraction of sp³-hybridized carbons (Fsp3) is 0.286. The first kappa shape index (κ1) is 13.9. The number of nitrogens with zero attached hydrogens (tertiary/aromatic N) is 1. The molecule has 0 aliphatic carbocycles. The van der Waals surface area contributed by atoms with Crippen molar-refractivity contribution >= 4 is 23.2 Å². The second-order valence-corrected chi connectivity index (χ2v) is 4.89. The second-order valence-electron chi connectivity index (χ2n) is 4.55. The molecule has 3 heterocycles. The van der Waals surface area contributed by atoms with E-state index in [-0.39, 0.29) is 22.8 Å². The van der Waals surface area contributed by atoms with Gasteiger partial charge in [0.05, 0.1) is 25.0 Å². The minimum Gasteiger partial charge on any atom is -0.472 e. The molecule has 0 aromatic carbocycles. The van der Waals surface area contributed by atoms with Crippen molar-refractivity contribution in [2.45, 2.75) is 12.5 Å². The zero-order chi connectivity index (χ0) is 14.7. The first-order chi connectivity index (χ1) is 10.2. The van der Waals surface area contributed by atoms with E-state index in [1.165, 1.54) is 12.3 Å². The number of rotatable bonds is 4. The number of hydrogen-bond acceptors (Lipinski definition) is 5. The fourth-order valence-electron chi connectivity index (χ4n) is 1.98. The van der Waals surface area contributed by atoms with E-state index in [0.717, 1.165) is 6.42 Å². The van der Waals surface area contributed by atoms with Crippen molar-refractivity contribution in [3.63, 3.8) is 0 Å². The average Bonchev–Trinajstić information content (AvgIpc) is 3.10. The number of ether oxygens (including phenoxy) is 2. The molecule has 21 heavy (non-hydrogen) atoms. The number of anilines is 1. The molecule has 3 rings (SSSR count). The number of carbonyl (C=O) groups is 1. The Hall–Kier alpha value is -2.05. The van der Waals surface area contributed by atoms with Gasteiger partial charge in [0.15, 0.2) is 0 Å². The number of carbonyl (C=O) groups excluding carboxylic acids is 1. The molecule has 1 fully saturated rings. The summed E-state index contributed by atoms with van der Waals surface area (Å²) in [5.74, 6) is 0.0942. The lowest BCUT2D eigenvalue weighted by Gasteiger charge is -2.11. The predicted molar refractivity (Wildman–Crippen MR) is 75.8 cm³/mol. The van der Waals surface area contributed by atoms with E-state index in [2.05, 4.69) is 10.3 Å². The molecule has 2 aromatic heterocycles. The van der Waals surface area contributed by atoms with Gasteiger partial charge < -0.3 is 19.2 Å². The van der Waals surface area contributed by atoms with Crippen molar-refractivity contribution in [1.82, 2.24) is 4.98 Å². The van der Waals surface area contributed by atoms with Crippen LogP contribution in [0.25, 0.3) is 0 Å². The quantitative estimate of drug-likeness (QED) is 0.940. The maximum atomic E-state index is 12.0. The van der Waals surface area contributed by atoms with Crippen LogP contribution in [0.3, 0.4) is 0 Å². The van der Waals surface area contributed by atoms with Crippen LogP contribution in [0, 0.1) is 0 Å². The molecule has 0 radical (unpaired) electrons. The molecule has 1 N–H and O–H groups in total. The van der Waals surface area contributed by atoms with Crippen LogP contribution in [0.5, 0.6) is 5.88 Å². The summed E-state index contributed by atoms with van der Waals surface area (Å²) >= 11 is 5.77. The third-order valence-corrected chi connectivity index (χ3v) is 3.32. The van der Waals surface area contributed by atoms with Crippen LogP contribution >= 0.6 is 11.6 Å². The Labute approximate surface area is 126 Å². The smallest absolute Gasteiger partial charge is 0.260 e. The summed E-state index contributed by atoms with van der Waals surface area (Å²) in [4.78, 5) is 16.1. The van der Waals surface area contributed by atoms with Gasteiger partial charge in [-0.1, -0.05) is 0 Å². The van der Waals surface area contributed by atoms with Crippen molar-refractivity contribution in [2.24, 2.45) is 0 Å². The zero-order valence-electron chi connectivity index (χ0n) is 11.0. The first-order valence-electron chi connectivity index (χ1n) is 6.47. The number of hydrogen-bond donors (Lipinski definition) is 1. The van der Waals surface area contributed by atoms with Gasteiger partial charge in [-0.05, 0) is 23.7 Å². The van der Waals surface area contributed by atoms with Gasteiger partial charge in [0.25, 0.3) is 5.91 Å².